The van der Waals surface area contributed by atoms with Crippen LogP contribution in [0.2, 0.25) is 0 Å². The first-order chi connectivity index (χ1) is 15.0. The second-order valence-corrected chi connectivity index (χ2v) is 7.43. The van der Waals surface area contributed by atoms with Gasteiger partial charge in [0.15, 0.2) is 5.96 Å². The van der Waals surface area contributed by atoms with Crippen LogP contribution in [0.3, 0.4) is 0 Å². The third-order valence-corrected chi connectivity index (χ3v) is 5.22. The van der Waals surface area contributed by atoms with Crippen molar-refractivity contribution in [3.05, 3.63) is 47.8 Å². The van der Waals surface area contributed by atoms with E-state index in [9.17, 15) is 9.18 Å². The Hall–Kier alpha value is -2.37. The Bertz CT molecular complexity index is 912. The molecule has 2 aromatic rings. The molecule has 32 heavy (non-hydrogen) atoms. The van der Waals surface area contributed by atoms with Gasteiger partial charge < -0.3 is 24.8 Å². The van der Waals surface area contributed by atoms with Crippen LogP contribution in [0.5, 0.6) is 0 Å². The lowest BCUT2D eigenvalue weighted by Gasteiger charge is -2.32. The first-order valence-corrected chi connectivity index (χ1v) is 10.8. The quantitative estimate of drug-likeness (QED) is 0.322. The molecule has 1 aliphatic rings. The minimum Gasteiger partial charge on any atom is -0.450 e. The number of piperidine rings is 1. The maximum Gasteiger partial charge on any atom is 0.409 e. The Morgan fingerprint density at radius 1 is 1.31 bits per heavy atom. The summed E-state index contributed by atoms with van der Waals surface area (Å²) in [5, 5.41) is 6.67. The van der Waals surface area contributed by atoms with Gasteiger partial charge in [-0.05, 0) is 51.3 Å². The maximum absolute atomic E-state index is 14.6. The number of aryl methyl sites for hydroxylation is 1. The summed E-state index contributed by atoms with van der Waals surface area (Å²) in [4.78, 5) is 22.3. The number of nitrogens with one attached hydrogen (secondary N) is 2. The van der Waals surface area contributed by atoms with Gasteiger partial charge in [-0.15, -0.1) is 24.0 Å². The van der Waals surface area contributed by atoms with Gasteiger partial charge in [-0.3, -0.25) is 0 Å². The first-order valence-electron chi connectivity index (χ1n) is 10.8. The number of likely N-dealkylation sites (tertiary alicyclic amines) is 1. The highest BCUT2D eigenvalue weighted by Crippen LogP contribution is 2.17. The Morgan fingerprint density at radius 3 is 2.66 bits per heavy atom. The second-order valence-electron chi connectivity index (χ2n) is 7.43. The number of amides is 1. The van der Waals surface area contributed by atoms with Gasteiger partial charge in [0.1, 0.15) is 11.6 Å². The van der Waals surface area contributed by atoms with Crippen molar-refractivity contribution in [2.24, 2.45) is 4.99 Å². The second kappa shape index (κ2) is 12.6. The Kier molecular flexibility index (Phi) is 10.2. The van der Waals surface area contributed by atoms with E-state index in [4.69, 9.17) is 4.74 Å². The normalized spacial score (nSPS) is 14.6. The van der Waals surface area contributed by atoms with Gasteiger partial charge in [-0.2, -0.15) is 0 Å². The number of aliphatic imine (C=N–C) groups is 1. The van der Waals surface area contributed by atoms with Crippen LogP contribution in [0.25, 0.3) is 5.69 Å². The number of hydrogen-bond donors (Lipinski definition) is 2. The molecule has 0 unspecified atom stereocenters. The van der Waals surface area contributed by atoms with E-state index in [1.807, 2.05) is 26.8 Å². The van der Waals surface area contributed by atoms with Crippen LogP contribution in [0, 0.1) is 12.7 Å². The summed E-state index contributed by atoms with van der Waals surface area (Å²) in [5.74, 6) is 1.11. The van der Waals surface area contributed by atoms with Gasteiger partial charge >= 0.3 is 6.09 Å². The van der Waals surface area contributed by atoms with Crippen molar-refractivity contribution in [1.82, 2.24) is 25.1 Å². The number of halogens is 2. The highest BCUT2D eigenvalue weighted by atomic mass is 127. The summed E-state index contributed by atoms with van der Waals surface area (Å²) in [5.41, 5.74) is 1.26. The third-order valence-electron chi connectivity index (χ3n) is 5.22. The van der Waals surface area contributed by atoms with Crippen molar-refractivity contribution in [2.75, 3.05) is 26.2 Å². The average Bonchev–Trinajstić information content (AvgIpc) is 3.18. The number of carbonyl (C=O) groups excluding carboxylic acids is 1. The van der Waals surface area contributed by atoms with Crippen LogP contribution in [0.1, 0.15) is 38.1 Å². The van der Waals surface area contributed by atoms with Crippen LogP contribution in [-0.4, -0.2) is 58.8 Å². The van der Waals surface area contributed by atoms with E-state index in [0.29, 0.717) is 37.9 Å². The Labute approximate surface area is 205 Å². The molecule has 1 fully saturated rings. The van der Waals surface area contributed by atoms with E-state index in [1.165, 1.54) is 6.07 Å². The molecule has 0 radical (unpaired) electrons. The monoisotopic (exact) mass is 558 g/mol. The lowest BCUT2D eigenvalue weighted by molar-refractivity contribution is 0.0963. The summed E-state index contributed by atoms with van der Waals surface area (Å²) >= 11 is 0. The molecule has 0 bridgehead atoms. The highest BCUT2D eigenvalue weighted by Gasteiger charge is 2.24. The molecule has 2 N–H and O–H groups in total. The van der Waals surface area contributed by atoms with Gasteiger partial charge in [0.25, 0.3) is 0 Å². The summed E-state index contributed by atoms with van der Waals surface area (Å²) in [6.07, 6.45) is 4.77. The van der Waals surface area contributed by atoms with Crippen LogP contribution >= 0.6 is 24.0 Å². The largest absolute Gasteiger partial charge is 0.450 e. The number of aromatic nitrogens is 2. The van der Waals surface area contributed by atoms with Crippen molar-refractivity contribution in [3.8, 4) is 5.69 Å². The fourth-order valence-corrected chi connectivity index (χ4v) is 3.58. The number of guanidine groups is 1. The predicted molar refractivity (Wildman–Crippen MR) is 133 cm³/mol. The molecule has 1 amide bonds. The fraction of sp³-hybridized carbons (Fsp3) is 0.500. The Morgan fingerprint density at radius 2 is 2.06 bits per heavy atom. The van der Waals surface area contributed by atoms with Crippen molar-refractivity contribution in [2.45, 2.75) is 46.2 Å². The lowest BCUT2D eigenvalue weighted by Crippen LogP contribution is -2.49. The van der Waals surface area contributed by atoms with Gasteiger partial charge in [0.05, 0.1) is 18.8 Å². The topological polar surface area (TPSA) is 83.8 Å². The lowest BCUT2D eigenvalue weighted by atomic mass is 10.1. The molecule has 1 aromatic heterocycles. The summed E-state index contributed by atoms with van der Waals surface area (Å²) in [7, 11) is 0. The number of hydrogen-bond acceptors (Lipinski definition) is 4. The molecule has 0 spiro atoms. The highest BCUT2D eigenvalue weighted by molar-refractivity contribution is 14.0. The van der Waals surface area contributed by atoms with E-state index in [0.717, 1.165) is 30.8 Å². The average molecular weight is 558 g/mol. The van der Waals surface area contributed by atoms with Crippen LogP contribution in [0.4, 0.5) is 9.18 Å². The molecule has 1 saturated heterocycles. The maximum atomic E-state index is 14.6. The predicted octanol–water partition coefficient (Wildman–Crippen LogP) is 3.61. The zero-order valence-electron chi connectivity index (χ0n) is 18.8. The number of rotatable bonds is 6. The molecule has 176 valence electrons. The minimum atomic E-state index is -0.307. The molecule has 10 heteroatoms. The van der Waals surface area contributed by atoms with E-state index >= 15 is 0 Å². The van der Waals surface area contributed by atoms with Crippen LogP contribution in [0.15, 0.2) is 35.6 Å². The number of carbonyl (C=O) groups is 1. The molecule has 3 rings (SSSR count). The molecular formula is C22H32FIN6O2. The number of ether oxygens (including phenoxy) is 1. The van der Waals surface area contributed by atoms with Crippen LogP contribution in [-0.2, 0) is 11.3 Å². The van der Waals surface area contributed by atoms with Crippen molar-refractivity contribution >= 4 is 36.0 Å². The fourth-order valence-electron chi connectivity index (χ4n) is 3.58. The molecule has 0 atom stereocenters. The molecule has 0 aliphatic carbocycles. The molecule has 8 nitrogen and oxygen atoms in total. The van der Waals surface area contributed by atoms with Crippen LogP contribution < -0.4 is 10.6 Å². The van der Waals surface area contributed by atoms with E-state index < -0.39 is 0 Å². The van der Waals surface area contributed by atoms with Gasteiger partial charge in [-0.25, -0.2) is 19.2 Å². The minimum absolute atomic E-state index is 0. The Balaban J connectivity index is 0.00000363. The van der Waals surface area contributed by atoms with E-state index in [-0.39, 0.29) is 41.9 Å². The molecule has 1 aromatic carbocycles. The van der Waals surface area contributed by atoms with E-state index in [1.54, 1.807) is 27.9 Å². The van der Waals surface area contributed by atoms with Crippen molar-refractivity contribution in [1.29, 1.82) is 0 Å². The molecule has 1 aliphatic heterocycles. The van der Waals surface area contributed by atoms with Gasteiger partial charge in [0, 0.05) is 38.1 Å². The zero-order valence-corrected chi connectivity index (χ0v) is 21.1. The van der Waals surface area contributed by atoms with Crippen molar-refractivity contribution < 1.29 is 13.9 Å². The summed E-state index contributed by atoms with van der Waals surface area (Å²) < 4.78 is 21.4. The van der Waals surface area contributed by atoms with E-state index in [2.05, 4.69) is 20.6 Å². The number of nitrogens with zero attached hydrogens (tertiary/aromatic N) is 4. The molecular weight excluding hydrogens is 526 g/mol. The summed E-state index contributed by atoms with van der Waals surface area (Å²) in [6.45, 7) is 8.41. The SMILES string of the molecule is CCNC(=NCc1ccc(-n2ccnc2C)c(F)c1)NC1CCN(C(=O)OCC)CC1.I. The van der Waals surface area contributed by atoms with Gasteiger partial charge in [-0.1, -0.05) is 6.07 Å². The van der Waals surface area contributed by atoms with Crippen molar-refractivity contribution in [3.63, 3.8) is 0 Å². The number of benzene rings is 1. The molecule has 0 saturated carbocycles. The zero-order chi connectivity index (χ0) is 22.2. The van der Waals surface area contributed by atoms with Gasteiger partial charge in [0.2, 0.25) is 0 Å². The third kappa shape index (κ3) is 6.81. The number of imidazole rings is 1. The smallest absolute Gasteiger partial charge is 0.409 e. The molecule has 2 heterocycles. The standard InChI is InChI=1S/C22H31FN6O2.HI/c1-4-24-21(27-18-8-11-28(12-9-18)22(30)31-5-2)26-15-17-6-7-20(19(23)14-17)29-13-10-25-16(29)3;/h6-7,10,13-14,18H,4-5,8-9,11-12,15H2,1-3H3,(H2,24,26,27);1H. The first kappa shape index (κ1) is 25.9. The summed E-state index contributed by atoms with van der Waals surface area (Å²) in [6, 6.07) is 5.36.